The highest BCUT2D eigenvalue weighted by Gasteiger charge is 2.30. The molecule has 0 radical (unpaired) electrons. The zero-order valence-corrected chi connectivity index (χ0v) is 10.5. The lowest BCUT2D eigenvalue weighted by Gasteiger charge is -2.30. The molecule has 0 saturated carbocycles. The standard InChI is InChI=1S/C13H16N2OS/c16-13(10-5-6-14-9-10)15-7-8-17-12-4-2-1-3-11(12)15/h1-4,10,14H,5-9H2. The molecule has 3 nitrogen and oxygen atoms in total. The lowest BCUT2D eigenvalue weighted by atomic mass is 10.1. The van der Waals surface area contributed by atoms with Crippen molar-refractivity contribution in [3.05, 3.63) is 24.3 Å². The summed E-state index contributed by atoms with van der Waals surface area (Å²) in [4.78, 5) is 15.6. The van der Waals surface area contributed by atoms with Crippen molar-refractivity contribution in [3.63, 3.8) is 0 Å². The molecule has 1 fully saturated rings. The Kier molecular flexibility index (Phi) is 3.07. The van der Waals surface area contributed by atoms with Crippen molar-refractivity contribution < 1.29 is 4.79 Å². The fraction of sp³-hybridized carbons (Fsp3) is 0.462. The largest absolute Gasteiger partial charge is 0.316 e. The highest BCUT2D eigenvalue weighted by molar-refractivity contribution is 7.99. The van der Waals surface area contributed by atoms with Crippen LogP contribution >= 0.6 is 11.8 Å². The SMILES string of the molecule is O=C(C1CCNC1)N1CCSc2ccccc21. The van der Waals surface area contributed by atoms with Crippen molar-refractivity contribution in [1.82, 2.24) is 5.32 Å². The van der Waals surface area contributed by atoms with Gasteiger partial charge < -0.3 is 10.2 Å². The third kappa shape index (κ3) is 2.07. The average Bonchev–Trinajstić information content (AvgIpc) is 2.91. The van der Waals surface area contributed by atoms with Crippen LogP contribution in [0.2, 0.25) is 0 Å². The molecule has 1 aromatic rings. The second kappa shape index (κ2) is 4.70. The smallest absolute Gasteiger partial charge is 0.231 e. The second-order valence-corrected chi connectivity index (χ2v) is 5.63. The summed E-state index contributed by atoms with van der Waals surface area (Å²) in [6, 6.07) is 8.21. The average molecular weight is 248 g/mol. The Hall–Kier alpha value is -1.00. The van der Waals surface area contributed by atoms with E-state index < -0.39 is 0 Å². The summed E-state index contributed by atoms with van der Waals surface area (Å²) in [6.45, 7) is 2.66. The first kappa shape index (κ1) is 11.1. The first-order valence-corrected chi connectivity index (χ1v) is 7.09. The van der Waals surface area contributed by atoms with Gasteiger partial charge in [-0.25, -0.2) is 0 Å². The Bertz CT molecular complexity index is 429. The molecule has 2 aliphatic rings. The van der Waals surface area contributed by atoms with Gasteiger partial charge in [0.05, 0.1) is 11.6 Å². The van der Waals surface area contributed by atoms with Crippen molar-refractivity contribution in [1.29, 1.82) is 0 Å². The number of nitrogens with one attached hydrogen (secondary N) is 1. The maximum absolute atomic E-state index is 12.4. The summed E-state index contributed by atoms with van der Waals surface area (Å²) < 4.78 is 0. The van der Waals surface area contributed by atoms with E-state index in [2.05, 4.69) is 17.4 Å². The van der Waals surface area contributed by atoms with Gasteiger partial charge in [0.15, 0.2) is 0 Å². The molecule has 1 aromatic carbocycles. The Balaban J connectivity index is 1.86. The highest BCUT2D eigenvalue weighted by atomic mass is 32.2. The molecule has 4 heteroatoms. The van der Waals surface area contributed by atoms with E-state index >= 15 is 0 Å². The normalized spacial score (nSPS) is 23.5. The maximum atomic E-state index is 12.4. The molecular formula is C13H16N2OS. The predicted octanol–water partition coefficient (Wildman–Crippen LogP) is 1.73. The number of nitrogens with zero attached hydrogens (tertiary/aromatic N) is 1. The van der Waals surface area contributed by atoms with Crippen LogP contribution in [0.25, 0.3) is 0 Å². The summed E-state index contributed by atoms with van der Waals surface area (Å²) in [6.07, 6.45) is 0.977. The predicted molar refractivity (Wildman–Crippen MR) is 70.5 cm³/mol. The molecule has 1 saturated heterocycles. The molecule has 0 bridgehead atoms. The topological polar surface area (TPSA) is 32.3 Å². The fourth-order valence-electron chi connectivity index (χ4n) is 2.48. The van der Waals surface area contributed by atoms with Gasteiger partial charge in [-0.15, -0.1) is 11.8 Å². The molecule has 3 rings (SSSR count). The number of anilines is 1. The minimum atomic E-state index is 0.172. The number of fused-ring (bicyclic) bond motifs is 1. The van der Waals surface area contributed by atoms with Crippen molar-refractivity contribution in [2.24, 2.45) is 5.92 Å². The molecule has 1 atom stereocenters. The zero-order valence-electron chi connectivity index (χ0n) is 9.69. The summed E-state index contributed by atoms with van der Waals surface area (Å²) >= 11 is 1.84. The monoisotopic (exact) mass is 248 g/mol. The van der Waals surface area contributed by atoms with E-state index in [1.165, 1.54) is 4.90 Å². The number of benzene rings is 1. The molecular weight excluding hydrogens is 232 g/mol. The van der Waals surface area contributed by atoms with Gasteiger partial charge in [0.1, 0.15) is 0 Å². The van der Waals surface area contributed by atoms with Crippen molar-refractivity contribution in [3.8, 4) is 0 Å². The van der Waals surface area contributed by atoms with E-state index in [0.29, 0.717) is 5.91 Å². The number of hydrogen-bond acceptors (Lipinski definition) is 3. The number of hydrogen-bond donors (Lipinski definition) is 1. The molecule has 1 amide bonds. The van der Waals surface area contributed by atoms with Crippen LogP contribution in [0.3, 0.4) is 0 Å². The Morgan fingerprint density at radius 3 is 3.12 bits per heavy atom. The van der Waals surface area contributed by atoms with E-state index in [9.17, 15) is 4.79 Å². The summed E-state index contributed by atoms with van der Waals surface area (Å²) in [5, 5.41) is 3.26. The number of carbonyl (C=O) groups is 1. The number of amides is 1. The lowest BCUT2D eigenvalue weighted by Crippen LogP contribution is -2.40. The van der Waals surface area contributed by atoms with E-state index in [-0.39, 0.29) is 5.92 Å². The van der Waals surface area contributed by atoms with Crippen molar-refractivity contribution in [2.45, 2.75) is 11.3 Å². The van der Waals surface area contributed by atoms with Gasteiger partial charge in [-0.1, -0.05) is 12.1 Å². The van der Waals surface area contributed by atoms with Crippen LogP contribution in [-0.4, -0.2) is 31.3 Å². The van der Waals surface area contributed by atoms with E-state index in [1.807, 2.05) is 28.8 Å². The van der Waals surface area contributed by atoms with Gasteiger partial charge >= 0.3 is 0 Å². The Labute approximate surface area is 106 Å². The third-order valence-electron chi connectivity index (χ3n) is 3.40. The fourth-order valence-corrected chi connectivity index (χ4v) is 3.48. The van der Waals surface area contributed by atoms with Crippen LogP contribution in [0.5, 0.6) is 0 Å². The highest BCUT2D eigenvalue weighted by Crippen LogP contribution is 2.35. The Morgan fingerprint density at radius 1 is 1.41 bits per heavy atom. The molecule has 0 aliphatic carbocycles. The zero-order chi connectivity index (χ0) is 11.7. The van der Waals surface area contributed by atoms with Crippen LogP contribution in [0.4, 0.5) is 5.69 Å². The first-order chi connectivity index (χ1) is 8.36. The molecule has 0 aromatic heterocycles. The van der Waals surface area contributed by atoms with Crippen LogP contribution in [0, 0.1) is 5.92 Å². The summed E-state index contributed by atoms with van der Waals surface area (Å²) in [5.74, 6) is 1.47. The van der Waals surface area contributed by atoms with Crippen LogP contribution < -0.4 is 10.2 Å². The van der Waals surface area contributed by atoms with E-state index in [1.54, 1.807) is 0 Å². The van der Waals surface area contributed by atoms with Gasteiger partial charge in [0.2, 0.25) is 5.91 Å². The molecule has 1 N–H and O–H groups in total. The van der Waals surface area contributed by atoms with Crippen molar-refractivity contribution in [2.75, 3.05) is 30.3 Å². The Morgan fingerprint density at radius 2 is 2.29 bits per heavy atom. The van der Waals surface area contributed by atoms with Gasteiger partial charge in [0, 0.05) is 23.7 Å². The van der Waals surface area contributed by atoms with Crippen molar-refractivity contribution >= 4 is 23.4 Å². The summed E-state index contributed by atoms with van der Waals surface area (Å²) in [5.41, 5.74) is 1.10. The van der Waals surface area contributed by atoms with Crippen LogP contribution in [0.1, 0.15) is 6.42 Å². The molecule has 2 aliphatic heterocycles. The molecule has 2 heterocycles. The molecule has 0 spiro atoms. The van der Waals surface area contributed by atoms with Crippen LogP contribution in [0.15, 0.2) is 29.2 Å². The number of thioether (sulfide) groups is 1. The molecule has 90 valence electrons. The second-order valence-electron chi connectivity index (χ2n) is 4.50. The van der Waals surface area contributed by atoms with Gasteiger partial charge in [-0.2, -0.15) is 0 Å². The number of rotatable bonds is 1. The van der Waals surface area contributed by atoms with Gasteiger partial charge in [0.25, 0.3) is 0 Å². The maximum Gasteiger partial charge on any atom is 0.231 e. The summed E-state index contributed by atoms with van der Waals surface area (Å²) in [7, 11) is 0. The van der Waals surface area contributed by atoms with Gasteiger partial charge in [-0.05, 0) is 25.1 Å². The van der Waals surface area contributed by atoms with E-state index in [4.69, 9.17) is 0 Å². The van der Waals surface area contributed by atoms with Gasteiger partial charge in [-0.3, -0.25) is 4.79 Å². The quantitative estimate of drug-likeness (QED) is 0.821. The molecule has 1 unspecified atom stereocenters. The lowest BCUT2D eigenvalue weighted by molar-refractivity contribution is -0.121. The minimum Gasteiger partial charge on any atom is -0.316 e. The third-order valence-corrected chi connectivity index (χ3v) is 4.45. The molecule has 17 heavy (non-hydrogen) atoms. The first-order valence-electron chi connectivity index (χ1n) is 6.10. The van der Waals surface area contributed by atoms with Crippen LogP contribution in [-0.2, 0) is 4.79 Å². The van der Waals surface area contributed by atoms with E-state index in [0.717, 1.165) is 37.5 Å². The number of carbonyl (C=O) groups excluding carboxylic acids is 1. The minimum absolute atomic E-state index is 0.172. The number of para-hydroxylation sites is 1.